The third kappa shape index (κ3) is 14.7. The van der Waals surface area contributed by atoms with E-state index in [1.807, 2.05) is 112 Å². The van der Waals surface area contributed by atoms with Crippen LogP contribution in [0.2, 0.25) is 0 Å². The minimum atomic E-state index is -1.38. The van der Waals surface area contributed by atoms with E-state index in [2.05, 4.69) is 16.0 Å². The van der Waals surface area contributed by atoms with Crippen molar-refractivity contribution in [3.63, 3.8) is 0 Å². The topological polar surface area (TPSA) is 220 Å². The lowest BCUT2D eigenvalue weighted by molar-refractivity contribution is -0.166. The van der Waals surface area contributed by atoms with Crippen LogP contribution in [0, 0.1) is 17.8 Å². The predicted octanol–water partition coefficient (Wildman–Crippen LogP) is 4.97. The van der Waals surface area contributed by atoms with Crippen LogP contribution < -0.4 is 16.0 Å². The number of carbonyl (C=O) groups is 8. The van der Waals surface area contributed by atoms with Gasteiger partial charge in [0.15, 0.2) is 6.10 Å². The largest absolute Gasteiger partial charge is 0.452 e. The second-order valence-electron chi connectivity index (χ2n) is 22.1. The SMILES string of the molecule is CC[C@H]1NC(=O)[C@@H]2CSC(=N2)[C@@H](Cc2ccccc2)N(C)C(=O)[C@@H]2CCCN2C(=O)[C@H](C(C)C)N(C)C(=O)[C@H](Cc2ccccc2)OC(=O)[C@H](C)[C@@H](C)NC(=O)[C@H](C(C)C)NC(=O)[C@@H](Cc2ccccc2)N(C)C(=O)[C@@H]2CSC1=N2. The summed E-state index contributed by atoms with van der Waals surface area (Å²) in [7, 11) is 4.78. The smallest absolute Gasteiger partial charge is 0.311 e. The fourth-order valence-electron chi connectivity index (χ4n) is 10.7. The first kappa shape index (κ1) is 61.1. The van der Waals surface area contributed by atoms with Crippen molar-refractivity contribution in [1.29, 1.82) is 0 Å². The van der Waals surface area contributed by atoms with Gasteiger partial charge in [-0.15, -0.1) is 23.5 Å². The second-order valence-corrected chi connectivity index (χ2v) is 24.2. The van der Waals surface area contributed by atoms with E-state index in [0.29, 0.717) is 47.1 Å². The van der Waals surface area contributed by atoms with E-state index in [1.165, 1.54) is 40.4 Å². The number of cyclic esters (lactones) is 1. The van der Waals surface area contributed by atoms with Crippen LogP contribution in [0.4, 0.5) is 0 Å². The van der Waals surface area contributed by atoms with Crippen molar-refractivity contribution in [3.8, 4) is 0 Å². The van der Waals surface area contributed by atoms with E-state index in [1.54, 1.807) is 51.6 Å². The predicted molar refractivity (Wildman–Crippen MR) is 313 cm³/mol. The molecule has 4 bridgehead atoms. The maximum absolute atomic E-state index is 15.0. The van der Waals surface area contributed by atoms with E-state index in [0.717, 1.165) is 11.1 Å². The zero-order valence-corrected chi connectivity index (χ0v) is 49.3. The first-order valence-electron chi connectivity index (χ1n) is 27.9. The molecule has 7 amide bonds. The van der Waals surface area contributed by atoms with Gasteiger partial charge in [0, 0.05) is 58.1 Å². The van der Waals surface area contributed by atoms with Gasteiger partial charge >= 0.3 is 5.97 Å². The molecule has 11 atom stereocenters. The van der Waals surface area contributed by atoms with Crippen molar-refractivity contribution < 1.29 is 43.1 Å². The molecule has 430 valence electrons. The van der Waals surface area contributed by atoms with Crippen LogP contribution >= 0.6 is 23.5 Å². The molecule has 1 saturated heterocycles. The standard InChI is InChI=1S/C60H79N9O9S2/c1-11-42-54-64-44(34-79-54)56(73)66(8)46(30-39-22-15-12-16-23-39)52(71)65-49(35(2)3)53(72)61-38(7)37(6)60(77)78-48(32-41-26-19-14-20-27-41)58(75)68(10)50(36(4)5)59(76)69-29-21-28-45(69)57(74)67(9)47(31-40-24-17-13-18-25-40)55-63-43(33-80-55)51(70)62-42/h12-20,22-27,35-38,42-50H,11,21,28-34H2,1-10H3,(H,61,72)(H,62,70)(H,65,71)/t37-,38-,42-,43+,44+,45+,46-,47-,48+,49+,50+/m1/s1. The van der Waals surface area contributed by atoms with E-state index in [-0.39, 0.29) is 37.0 Å². The summed E-state index contributed by atoms with van der Waals surface area (Å²) in [6, 6.07) is 20.4. The van der Waals surface area contributed by atoms with Crippen molar-refractivity contribution >= 4 is 80.9 Å². The minimum Gasteiger partial charge on any atom is -0.452 e. The number of nitrogens with one attached hydrogen (secondary N) is 3. The Bertz CT molecular complexity index is 2770. The third-order valence-electron chi connectivity index (χ3n) is 15.7. The molecular weight excluding hydrogens is 1050 g/mol. The lowest BCUT2D eigenvalue weighted by Crippen LogP contribution is -2.59. The molecule has 7 rings (SSSR count). The highest BCUT2D eigenvalue weighted by atomic mass is 32.2. The van der Waals surface area contributed by atoms with Gasteiger partial charge in [-0.3, -0.25) is 48.3 Å². The summed E-state index contributed by atoms with van der Waals surface area (Å²) in [5, 5.41) is 10.2. The van der Waals surface area contributed by atoms with Crippen LogP contribution in [0.5, 0.6) is 0 Å². The van der Waals surface area contributed by atoms with Crippen LogP contribution in [0.15, 0.2) is 101 Å². The summed E-state index contributed by atoms with van der Waals surface area (Å²) in [6.07, 6.45) is 0.540. The van der Waals surface area contributed by atoms with E-state index >= 15 is 4.79 Å². The van der Waals surface area contributed by atoms with Gasteiger partial charge in [0.1, 0.15) is 36.3 Å². The van der Waals surface area contributed by atoms with Crippen molar-refractivity contribution in [1.82, 2.24) is 35.6 Å². The zero-order valence-electron chi connectivity index (χ0n) is 47.7. The van der Waals surface area contributed by atoms with Gasteiger partial charge in [-0.05, 0) is 68.1 Å². The van der Waals surface area contributed by atoms with Gasteiger partial charge in [0.2, 0.25) is 35.4 Å². The van der Waals surface area contributed by atoms with Crippen molar-refractivity contribution in [2.45, 2.75) is 147 Å². The van der Waals surface area contributed by atoms with Crippen LogP contribution in [0.25, 0.3) is 0 Å². The highest BCUT2D eigenvalue weighted by molar-refractivity contribution is 8.14. The summed E-state index contributed by atoms with van der Waals surface area (Å²) < 4.78 is 6.13. The molecule has 4 aliphatic rings. The van der Waals surface area contributed by atoms with Gasteiger partial charge in [0.05, 0.1) is 28.1 Å². The first-order valence-corrected chi connectivity index (χ1v) is 29.9. The van der Waals surface area contributed by atoms with Gasteiger partial charge in [0.25, 0.3) is 5.91 Å². The Kier molecular flexibility index (Phi) is 21.2. The number of esters is 1. The lowest BCUT2D eigenvalue weighted by Gasteiger charge is -2.38. The van der Waals surface area contributed by atoms with Gasteiger partial charge in [-0.25, -0.2) is 0 Å². The Morgan fingerprint density at radius 3 is 1.70 bits per heavy atom. The maximum atomic E-state index is 15.0. The quantitative estimate of drug-likeness (QED) is 0.243. The molecule has 0 unspecified atom stereocenters. The molecule has 0 aromatic heterocycles. The fraction of sp³-hybridized carbons (Fsp3) is 0.533. The number of likely N-dealkylation sites (N-methyl/N-ethyl adjacent to an activating group) is 3. The average Bonchev–Trinajstić information content (AvgIpc) is 4.27. The number of thioether (sulfide) groups is 2. The zero-order chi connectivity index (χ0) is 57.9. The Morgan fingerprint density at radius 1 is 0.588 bits per heavy atom. The number of ether oxygens (including phenoxy) is 1. The number of benzene rings is 3. The molecule has 0 spiro atoms. The van der Waals surface area contributed by atoms with Crippen molar-refractivity contribution in [2.24, 2.45) is 27.7 Å². The van der Waals surface area contributed by atoms with Gasteiger partial charge in [-0.2, -0.15) is 0 Å². The molecular formula is C60H79N9O9S2. The Balaban J connectivity index is 1.25. The molecule has 1 fully saturated rings. The number of amides is 7. The Morgan fingerprint density at radius 2 is 1.12 bits per heavy atom. The number of rotatable bonds is 9. The molecule has 0 saturated carbocycles. The molecule has 0 aliphatic carbocycles. The second kappa shape index (κ2) is 27.8. The number of carbonyl (C=O) groups excluding carboxylic acids is 8. The lowest BCUT2D eigenvalue weighted by atomic mass is 9.98. The first-order chi connectivity index (χ1) is 38.2. The van der Waals surface area contributed by atoms with Gasteiger partial charge in [-0.1, -0.05) is 126 Å². The third-order valence-corrected chi connectivity index (χ3v) is 18.0. The van der Waals surface area contributed by atoms with E-state index < -0.39 is 114 Å². The molecule has 80 heavy (non-hydrogen) atoms. The molecule has 3 N–H and O–H groups in total. The molecule has 0 radical (unpaired) electrons. The summed E-state index contributed by atoms with van der Waals surface area (Å²) in [6.45, 7) is 12.6. The maximum Gasteiger partial charge on any atom is 0.311 e. The van der Waals surface area contributed by atoms with Gasteiger partial charge < -0.3 is 40.3 Å². The number of hydrogen-bond acceptors (Lipinski definition) is 13. The van der Waals surface area contributed by atoms with Crippen LogP contribution in [-0.2, 0) is 62.4 Å². The highest BCUT2D eigenvalue weighted by Crippen LogP contribution is 2.31. The molecule has 3 aromatic rings. The van der Waals surface area contributed by atoms with E-state index in [9.17, 15) is 33.6 Å². The van der Waals surface area contributed by atoms with Crippen molar-refractivity contribution in [3.05, 3.63) is 108 Å². The molecule has 4 heterocycles. The summed E-state index contributed by atoms with van der Waals surface area (Å²) in [4.78, 5) is 133. The summed E-state index contributed by atoms with van der Waals surface area (Å²) in [5.41, 5.74) is 2.44. The van der Waals surface area contributed by atoms with Crippen LogP contribution in [0.1, 0.15) is 84.4 Å². The number of fused-ring (bicyclic) bond motifs is 3. The van der Waals surface area contributed by atoms with Crippen LogP contribution in [-0.4, -0.2) is 177 Å². The van der Waals surface area contributed by atoms with Crippen LogP contribution in [0.3, 0.4) is 0 Å². The molecule has 20 heteroatoms. The monoisotopic (exact) mass is 1130 g/mol. The average molecular weight is 1130 g/mol. The summed E-state index contributed by atoms with van der Waals surface area (Å²) >= 11 is 2.78. The fourth-order valence-corrected chi connectivity index (χ4v) is 13.0. The minimum absolute atomic E-state index is 0.0140. The normalized spacial score (nSPS) is 28.5. The Labute approximate surface area is 479 Å². The Hall–Kier alpha value is -6.54. The number of hydrogen-bond donors (Lipinski definition) is 3. The summed E-state index contributed by atoms with van der Waals surface area (Å²) in [5.74, 6) is -5.21. The highest BCUT2D eigenvalue weighted by Gasteiger charge is 2.46. The molecule has 4 aliphatic heterocycles. The van der Waals surface area contributed by atoms with Crippen molar-refractivity contribution in [2.75, 3.05) is 39.2 Å². The number of aliphatic imine (C=N–C) groups is 2. The molecule has 18 nitrogen and oxygen atoms in total. The van der Waals surface area contributed by atoms with E-state index in [4.69, 9.17) is 14.7 Å². The number of nitrogens with zero attached hydrogens (tertiary/aromatic N) is 6. The molecule has 3 aromatic carbocycles.